The number of benzene rings is 1. The molecule has 128 valence electrons. The average molecular weight is 340 g/mol. The van der Waals surface area contributed by atoms with Crippen molar-refractivity contribution in [1.82, 2.24) is 9.62 Å². The maximum Gasteiger partial charge on any atom is 0.407 e. The third-order valence-corrected chi connectivity index (χ3v) is 5.61. The van der Waals surface area contributed by atoms with E-state index in [4.69, 9.17) is 4.74 Å². The first-order chi connectivity index (χ1) is 10.6. The van der Waals surface area contributed by atoms with Gasteiger partial charge in [0.25, 0.3) is 0 Å². The molecule has 1 aliphatic rings. The quantitative estimate of drug-likeness (QED) is 0.916. The molecule has 23 heavy (non-hydrogen) atoms. The summed E-state index contributed by atoms with van der Waals surface area (Å²) in [6.45, 7) is 7.39. The minimum Gasteiger partial charge on any atom is -0.444 e. The van der Waals surface area contributed by atoms with Crippen LogP contribution >= 0.6 is 0 Å². The minimum atomic E-state index is -3.41. The van der Waals surface area contributed by atoms with Gasteiger partial charge in [-0.25, -0.2) is 13.2 Å². The number of carbonyl (C=O) groups excluding carboxylic acids is 1. The normalized spacial score (nSPS) is 22.5. The second-order valence-electron chi connectivity index (χ2n) is 6.78. The molecule has 2 rings (SSSR count). The fourth-order valence-corrected chi connectivity index (χ4v) is 4.49. The van der Waals surface area contributed by atoms with Crippen molar-refractivity contribution in [1.29, 1.82) is 0 Å². The molecule has 1 aromatic rings. The lowest BCUT2D eigenvalue weighted by Crippen LogP contribution is -2.41. The van der Waals surface area contributed by atoms with Gasteiger partial charge in [0.2, 0.25) is 10.0 Å². The lowest BCUT2D eigenvalue weighted by Gasteiger charge is -2.24. The molecule has 0 aliphatic carbocycles. The highest BCUT2D eigenvalue weighted by Crippen LogP contribution is 2.28. The standard InChI is InChI=1S/C16H24N2O4S/c1-12(13-8-6-5-7-9-13)18-10-14(11-23(18,20)21)17-15(19)22-16(2,3)4/h5-9,12,14H,10-11H2,1-4H3,(H,17,19). The van der Waals surface area contributed by atoms with Crippen molar-refractivity contribution in [2.45, 2.75) is 45.4 Å². The lowest BCUT2D eigenvalue weighted by atomic mass is 10.1. The molecule has 1 fully saturated rings. The number of nitrogens with one attached hydrogen (secondary N) is 1. The summed E-state index contributed by atoms with van der Waals surface area (Å²) in [7, 11) is -3.41. The number of nitrogens with zero attached hydrogens (tertiary/aromatic N) is 1. The molecule has 0 radical (unpaired) electrons. The van der Waals surface area contributed by atoms with E-state index < -0.39 is 27.8 Å². The number of hydrogen-bond acceptors (Lipinski definition) is 4. The van der Waals surface area contributed by atoms with E-state index in [0.717, 1.165) is 5.56 Å². The van der Waals surface area contributed by atoms with Crippen LogP contribution < -0.4 is 5.32 Å². The van der Waals surface area contributed by atoms with E-state index in [0.29, 0.717) is 0 Å². The Bertz CT molecular complexity index is 652. The van der Waals surface area contributed by atoms with Crippen molar-refractivity contribution < 1.29 is 17.9 Å². The second kappa shape index (κ2) is 6.49. The predicted molar refractivity (Wildman–Crippen MR) is 88.5 cm³/mol. The van der Waals surface area contributed by atoms with Gasteiger partial charge in [-0.05, 0) is 33.3 Å². The molecular formula is C16H24N2O4S. The van der Waals surface area contributed by atoms with Gasteiger partial charge >= 0.3 is 6.09 Å². The number of amides is 1. The molecule has 1 aromatic carbocycles. The van der Waals surface area contributed by atoms with Gasteiger partial charge < -0.3 is 10.1 Å². The van der Waals surface area contributed by atoms with E-state index in [1.54, 1.807) is 20.8 Å². The fourth-order valence-electron chi connectivity index (χ4n) is 2.59. The fraction of sp³-hybridized carbons (Fsp3) is 0.562. The second-order valence-corrected chi connectivity index (χ2v) is 8.74. The summed E-state index contributed by atoms with van der Waals surface area (Å²) in [5.41, 5.74) is 0.312. The third kappa shape index (κ3) is 4.68. The molecule has 6 nitrogen and oxygen atoms in total. The van der Waals surface area contributed by atoms with Crippen LogP contribution in [0.15, 0.2) is 30.3 Å². The number of rotatable bonds is 3. The van der Waals surface area contributed by atoms with Crippen LogP contribution in [0.2, 0.25) is 0 Å². The van der Waals surface area contributed by atoms with Crippen LogP contribution in [-0.4, -0.2) is 42.8 Å². The van der Waals surface area contributed by atoms with Crippen LogP contribution in [0.1, 0.15) is 39.3 Å². The predicted octanol–water partition coefficient (Wildman–Crippen LogP) is 2.29. The van der Waals surface area contributed by atoms with Crippen LogP contribution in [0.3, 0.4) is 0 Å². The molecule has 1 heterocycles. The molecule has 7 heteroatoms. The SMILES string of the molecule is CC(c1ccccc1)N1CC(NC(=O)OC(C)(C)C)CS1(=O)=O. The number of ether oxygens (including phenoxy) is 1. The van der Waals surface area contributed by atoms with Gasteiger partial charge in [-0.1, -0.05) is 30.3 Å². The first-order valence-electron chi connectivity index (χ1n) is 7.62. The van der Waals surface area contributed by atoms with Crippen molar-refractivity contribution >= 4 is 16.1 Å². The van der Waals surface area contributed by atoms with Gasteiger partial charge in [-0.15, -0.1) is 0 Å². The number of sulfonamides is 1. The molecule has 2 atom stereocenters. The van der Waals surface area contributed by atoms with Crippen molar-refractivity contribution in [3.63, 3.8) is 0 Å². The Kier molecular flexibility index (Phi) is 5.01. The molecule has 0 saturated carbocycles. The van der Waals surface area contributed by atoms with Crippen LogP contribution in [-0.2, 0) is 14.8 Å². The van der Waals surface area contributed by atoms with Gasteiger partial charge in [0.15, 0.2) is 0 Å². The highest BCUT2D eigenvalue weighted by atomic mass is 32.2. The molecule has 1 amide bonds. The van der Waals surface area contributed by atoms with E-state index in [2.05, 4.69) is 5.32 Å². The van der Waals surface area contributed by atoms with Gasteiger partial charge in [-0.2, -0.15) is 4.31 Å². The third-order valence-electron chi connectivity index (χ3n) is 3.60. The zero-order valence-electron chi connectivity index (χ0n) is 13.9. The summed E-state index contributed by atoms with van der Waals surface area (Å²) in [4.78, 5) is 11.8. The maximum absolute atomic E-state index is 12.4. The molecule has 0 aromatic heterocycles. The average Bonchev–Trinajstić information content (AvgIpc) is 2.71. The van der Waals surface area contributed by atoms with Gasteiger partial charge in [0.1, 0.15) is 5.60 Å². The van der Waals surface area contributed by atoms with Gasteiger partial charge in [-0.3, -0.25) is 0 Å². The number of hydrogen-bond donors (Lipinski definition) is 1. The van der Waals surface area contributed by atoms with Gasteiger partial charge in [0.05, 0.1) is 11.8 Å². The molecule has 1 N–H and O–H groups in total. The highest BCUT2D eigenvalue weighted by molar-refractivity contribution is 7.89. The van der Waals surface area contributed by atoms with Crippen LogP contribution in [0.25, 0.3) is 0 Å². The zero-order valence-corrected chi connectivity index (χ0v) is 14.8. The first-order valence-corrected chi connectivity index (χ1v) is 9.23. The Hall–Kier alpha value is -1.60. The number of alkyl carbamates (subject to hydrolysis) is 1. The Balaban J connectivity index is 2.06. The Labute approximate surface area is 137 Å². The van der Waals surface area contributed by atoms with Crippen molar-refractivity contribution in [3.05, 3.63) is 35.9 Å². The largest absolute Gasteiger partial charge is 0.444 e. The maximum atomic E-state index is 12.4. The van der Waals surface area contributed by atoms with E-state index in [1.807, 2.05) is 37.3 Å². The van der Waals surface area contributed by atoms with Gasteiger partial charge in [0, 0.05) is 12.6 Å². The Morgan fingerprint density at radius 3 is 2.48 bits per heavy atom. The van der Waals surface area contributed by atoms with E-state index in [9.17, 15) is 13.2 Å². The minimum absolute atomic E-state index is 0.108. The molecule has 2 unspecified atom stereocenters. The zero-order chi connectivity index (χ0) is 17.3. The van der Waals surface area contributed by atoms with Crippen molar-refractivity contribution in [3.8, 4) is 0 Å². The molecule has 1 aliphatic heterocycles. The smallest absolute Gasteiger partial charge is 0.407 e. The molecule has 0 bridgehead atoms. The highest BCUT2D eigenvalue weighted by Gasteiger charge is 2.40. The van der Waals surface area contributed by atoms with E-state index in [-0.39, 0.29) is 18.3 Å². The summed E-state index contributed by atoms with van der Waals surface area (Å²) < 4.78 is 31.4. The Morgan fingerprint density at radius 1 is 1.30 bits per heavy atom. The summed E-state index contributed by atoms with van der Waals surface area (Å²) >= 11 is 0. The van der Waals surface area contributed by atoms with Crippen LogP contribution in [0, 0.1) is 0 Å². The summed E-state index contributed by atoms with van der Waals surface area (Å²) in [5.74, 6) is -0.108. The van der Waals surface area contributed by atoms with Crippen LogP contribution in [0.5, 0.6) is 0 Å². The van der Waals surface area contributed by atoms with E-state index >= 15 is 0 Å². The summed E-state index contributed by atoms with van der Waals surface area (Å²) in [6, 6.07) is 8.70. The Morgan fingerprint density at radius 2 is 1.91 bits per heavy atom. The lowest BCUT2D eigenvalue weighted by molar-refractivity contribution is 0.0507. The monoisotopic (exact) mass is 340 g/mol. The van der Waals surface area contributed by atoms with Crippen LogP contribution in [0.4, 0.5) is 4.79 Å². The van der Waals surface area contributed by atoms with Crippen molar-refractivity contribution in [2.24, 2.45) is 0 Å². The number of carbonyl (C=O) groups is 1. The molecule has 0 spiro atoms. The molecular weight excluding hydrogens is 316 g/mol. The first kappa shape index (κ1) is 17.7. The summed E-state index contributed by atoms with van der Waals surface area (Å²) in [5, 5.41) is 2.65. The molecule has 1 saturated heterocycles. The van der Waals surface area contributed by atoms with E-state index in [1.165, 1.54) is 4.31 Å². The van der Waals surface area contributed by atoms with Crippen molar-refractivity contribution in [2.75, 3.05) is 12.3 Å². The topological polar surface area (TPSA) is 75.7 Å². The summed E-state index contributed by atoms with van der Waals surface area (Å²) in [6.07, 6.45) is -0.591.